The molecule has 1 aromatic rings. The van der Waals surface area contributed by atoms with Crippen molar-refractivity contribution in [2.75, 3.05) is 19.6 Å². The second-order valence-electron chi connectivity index (χ2n) is 5.57. The van der Waals surface area contributed by atoms with Crippen molar-refractivity contribution in [3.63, 3.8) is 0 Å². The summed E-state index contributed by atoms with van der Waals surface area (Å²) < 4.78 is 31.4. The normalized spacial score (nSPS) is 17.3. The molecule has 1 aliphatic heterocycles. The Balaban J connectivity index is 1.94. The van der Waals surface area contributed by atoms with E-state index in [-0.39, 0.29) is 4.90 Å². The van der Waals surface area contributed by atoms with Gasteiger partial charge in [-0.25, -0.2) is 0 Å². The number of nitrogens with zero attached hydrogens (tertiary/aromatic N) is 1. The Hall–Kier alpha value is -0.910. The largest absolute Gasteiger partial charge is 0.303 e. The number of hydrogen-bond acceptors (Lipinski definition) is 3. The molecule has 2 rings (SSSR count). The van der Waals surface area contributed by atoms with Gasteiger partial charge in [-0.05, 0) is 75.5 Å². The summed E-state index contributed by atoms with van der Waals surface area (Å²) in [5.41, 5.74) is 2.09. The van der Waals surface area contributed by atoms with Crippen molar-refractivity contribution in [2.24, 2.45) is 0 Å². The maximum atomic E-state index is 11.2. The molecule has 0 spiro atoms. The first-order valence-corrected chi connectivity index (χ1v) is 8.70. The van der Waals surface area contributed by atoms with Crippen LogP contribution in [0.15, 0.2) is 23.1 Å². The molecule has 1 N–H and O–H groups in total. The van der Waals surface area contributed by atoms with Gasteiger partial charge in [0, 0.05) is 0 Å². The van der Waals surface area contributed by atoms with Crippen LogP contribution in [0.25, 0.3) is 0 Å². The molecule has 1 saturated heterocycles. The number of rotatable bonds is 5. The molecule has 1 heterocycles. The van der Waals surface area contributed by atoms with Crippen LogP contribution in [0.1, 0.15) is 36.8 Å². The third kappa shape index (κ3) is 4.30. The van der Waals surface area contributed by atoms with Crippen LogP contribution < -0.4 is 0 Å². The van der Waals surface area contributed by atoms with Crippen molar-refractivity contribution < 1.29 is 13.0 Å². The van der Waals surface area contributed by atoms with E-state index < -0.39 is 10.1 Å². The lowest BCUT2D eigenvalue weighted by Crippen LogP contribution is -2.30. The first kappa shape index (κ1) is 15.5. The molecule has 1 aliphatic rings. The van der Waals surface area contributed by atoms with Crippen LogP contribution >= 0.6 is 0 Å². The summed E-state index contributed by atoms with van der Waals surface area (Å²) in [5, 5.41) is 0. The van der Waals surface area contributed by atoms with Crippen molar-refractivity contribution >= 4 is 10.1 Å². The molecule has 0 aliphatic carbocycles. The molecule has 20 heavy (non-hydrogen) atoms. The standard InChI is InChI=1S/C15H23NO3S/c1-13-7-8-15(20(17,18)19)12-14(13)6-5-11-16-9-3-2-4-10-16/h7-8,12H,2-6,9-11H2,1H3,(H,17,18,19). The Bertz CT molecular complexity index is 548. The van der Waals surface area contributed by atoms with Crippen molar-refractivity contribution in [1.82, 2.24) is 4.90 Å². The minimum absolute atomic E-state index is 0.00364. The van der Waals surface area contributed by atoms with E-state index >= 15 is 0 Å². The number of piperidine rings is 1. The number of likely N-dealkylation sites (tertiary alicyclic amines) is 1. The maximum Gasteiger partial charge on any atom is 0.294 e. The van der Waals surface area contributed by atoms with Crippen LogP contribution in [0.2, 0.25) is 0 Å². The van der Waals surface area contributed by atoms with Crippen LogP contribution in [-0.2, 0) is 16.5 Å². The second-order valence-corrected chi connectivity index (χ2v) is 6.99. The minimum atomic E-state index is -4.10. The van der Waals surface area contributed by atoms with Crippen molar-refractivity contribution in [3.8, 4) is 0 Å². The van der Waals surface area contributed by atoms with Crippen LogP contribution in [0.5, 0.6) is 0 Å². The third-order valence-electron chi connectivity index (χ3n) is 3.99. The van der Waals surface area contributed by atoms with Gasteiger partial charge in [0.15, 0.2) is 0 Å². The highest BCUT2D eigenvalue weighted by Crippen LogP contribution is 2.17. The van der Waals surface area contributed by atoms with E-state index in [0.29, 0.717) is 0 Å². The molecule has 5 heteroatoms. The topological polar surface area (TPSA) is 57.6 Å². The summed E-state index contributed by atoms with van der Waals surface area (Å²) in [6, 6.07) is 4.82. The van der Waals surface area contributed by atoms with Crippen LogP contribution in [0, 0.1) is 6.92 Å². The molecular formula is C15H23NO3S. The van der Waals surface area contributed by atoms with Crippen LogP contribution in [0.3, 0.4) is 0 Å². The monoisotopic (exact) mass is 297 g/mol. The SMILES string of the molecule is Cc1ccc(S(=O)(=O)O)cc1CCCN1CCCCC1. The highest BCUT2D eigenvalue weighted by molar-refractivity contribution is 7.85. The number of aryl methyl sites for hydroxylation is 2. The van der Waals surface area contributed by atoms with Crippen molar-refractivity contribution in [2.45, 2.75) is 43.9 Å². The lowest BCUT2D eigenvalue weighted by Gasteiger charge is -2.26. The van der Waals surface area contributed by atoms with Crippen molar-refractivity contribution in [3.05, 3.63) is 29.3 Å². The highest BCUT2D eigenvalue weighted by atomic mass is 32.2. The number of benzene rings is 1. The van der Waals surface area contributed by atoms with Gasteiger partial charge in [0.2, 0.25) is 0 Å². The fourth-order valence-electron chi connectivity index (χ4n) is 2.75. The molecule has 1 aromatic carbocycles. The summed E-state index contributed by atoms with van der Waals surface area (Å²) >= 11 is 0. The second kappa shape index (κ2) is 6.70. The molecular weight excluding hydrogens is 274 g/mol. The zero-order chi connectivity index (χ0) is 14.6. The molecule has 0 bridgehead atoms. The molecule has 0 saturated carbocycles. The Labute approximate surface area is 121 Å². The van der Waals surface area contributed by atoms with Gasteiger partial charge in [0.1, 0.15) is 0 Å². The van der Waals surface area contributed by atoms with Gasteiger partial charge in [0.05, 0.1) is 4.90 Å². The van der Waals surface area contributed by atoms with E-state index in [2.05, 4.69) is 4.90 Å². The summed E-state index contributed by atoms with van der Waals surface area (Å²) in [7, 11) is -4.10. The Kier molecular flexibility index (Phi) is 5.18. The molecule has 0 atom stereocenters. The van der Waals surface area contributed by atoms with Crippen LogP contribution in [0.4, 0.5) is 0 Å². The molecule has 0 radical (unpaired) electrons. The Morgan fingerprint density at radius 2 is 1.90 bits per heavy atom. The summed E-state index contributed by atoms with van der Waals surface area (Å²) in [4.78, 5) is 2.47. The first-order valence-electron chi connectivity index (χ1n) is 7.26. The van der Waals surface area contributed by atoms with E-state index in [1.165, 1.54) is 38.4 Å². The molecule has 1 fully saturated rings. The Morgan fingerprint density at radius 1 is 1.20 bits per heavy atom. The van der Waals surface area contributed by atoms with Gasteiger partial charge in [0.25, 0.3) is 10.1 Å². The van der Waals surface area contributed by atoms with Gasteiger partial charge < -0.3 is 4.90 Å². The smallest absolute Gasteiger partial charge is 0.294 e. The summed E-state index contributed by atoms with van der Waals surface area (Å²) in [6.45, 7) is 5.41. The third-order valence-corrected chi connectivity index (χ3v) is 4.84. The van der Waals surface area contributed by atoms with Crippen molar-refractivity contribution in [1.29, 1.82) is 0 Å². The molecule has 0 aromatic heterocycles. The average molecular weight is 297 g/mol. The van der Waals surface area contributed by atoms with Gasteiger partial charge in [-0.2, -0.15) is 8.42 Å². The van der Waals surface area contributed by atoms with E-state index in [9.17, 15) is 8.42 Å². The van der Waals surface area contributed by atoms with E-state index in [4.69, 9.17) is 4.55 Å². The lowest BCUT2D eigenvalue weighted by atomic mass is 10.0. The fraction of sp³-hybridized carbons (Fsp3) is 0.600. The van der Waals surface area contributed by atoms with Gasteiger partial charge in [-0.15, -0.1) is 0 Å². The van der Waals surface area contributed by atoms with E-state index in [1.54, 1.807) is 12.1 Å². The van der Waals surface area contributed by atoms with Crippen LogP contribution in [-0.4, -0.2) is 37.5 Å². The molecule has 112 valence electrons. The number of hydrogen-bond donors (Lipinski definition) is 1. The predicted molar refractivity (Wildman–Crippen MR) is 79.6 cm³/mol. The zero-order valence-corrected chi connectivity index (χ0v) is 12.8. The predicted octanol–water partition coefficient (Wildman–Crippen LogP) is 2.66. The maximum absolute atomic E-state index is 11.2. The molecule has 0 unspecified atom stereocenters. The minimum Gasteiger partial charge on any atom is -0.303 e. The molecule has 4 nitrogen and oxygen atoms in total. The fourth-order valence-corrected chi connectivity index (χ4v) is 3.28. The molecule has 0 amide bonds. The zero-order valence-electron chi connectivity index (χ0n) is 12.0. The highest BCUT2D eigenvalue weighted by Gasteiger charge is 2.12. The summed E-state index contributed by atoms with van der Waals surface area (Å²) in [5.74, 6) is 0. The van der Waals surface area contributed by atoms with Gasteiger partial charge in [-0.3, -0.25) is 4.55 Å². The quantitative estimate of drug-likeness (QED) is 0.849. The van der Waals surface area contributed by atoms with Gasteiger partial charge in [-0.1, -0.05) is 12.5 Å². The summed E-state index contributed by atoms with van der Waals surface area (Å²) in [6.07, 6.45) is 5.79. The average Bonchev–Trinajstić information content (AvgIpc) is 2.41. The van der Waals surface area contributed by atoms with E-state index in [0.717, 1.165) is 30.5 Å². The first-order chi connectivity index (χ1) is 9.47. The van der Waals surface area contributed by atoms with E-state index in [1.807, 2.05) is 6.92 Å². The lowest BCUT2D eigenvalue weighted by molar-refractivity contribution is 0.226. The van der Waals surface area contributed by atoms with Gasteiger partial charge >= 0.3 is 0 Å². The Morgan fingerprint density at radius 3 is 2.55 bits per heavy atom.